The molecule has 0 aliphatic carbocycles. The average molecular weight is 527 g/mol. The van der Waals surface area contributed by atoms with Gasteiger partial charge in [0.05, 0.1) is 5.69 Å². The van der Waals surface area contributed by atoms with E-state index in [0.29, 0.717) is 18.3 Å². The van der Waals surface area contributed by atoms with Crippen molar-refractivity contribution in [2.75, 3.05) is 11.9 Å². The summed E-state index contributed by atoms with van der Waals surface area (Å²) in [5.74, 6) is 1.03. The molecule has 7 nitrogen and oxygen atoms in total. The van der Waals surface area contributed by atoms with Gasteiger partial charge in [0.25, 0.3) is 0 Å². The highest BCUT2D eigenvalue weighted by molar-refractivity contribution is 7.80. The third-order valence-corrected chi connectivity index (χ3v) is 6.44. The molecule has 0 saturated carbocycles. The Balaban J connectivity index is 1.21. The lowest BCUT2D eigenvalue weighted by Gasteiger charge is -2.16. The van der Waals surface area contributed by atoms with Crippen LogP contribution in [0.5, 0.6) is 0 Å². The Morgan fingerprint density at radius 2 is 1.68 bits per heavy atom. The Hall–Kier alpha value is -4.04. The largest absolute Gasteiger partial charge is 0.338 e. The van der Waals surface area contributed by atoms with Gasteiger partial charge in [0.15, 0.2) is 10.9 Å². The summed E-state index contributed by atoms with van der Waals surface area (Å²) in [5, 5.41) is 13.6. The highest BCUT2D eigenvalue weighted by Crippen LogP contribution is 2.25. The molecule has 0 atom stereocenters. The summed E-state index contributed by atoms with van der Waals surface area (Å²) < 4.78 is 1.78. The summed E-state index contributed by atoms with van der Waals surface area (Å²) in [7, 11) is 0. The van der Waals surface area contributed by atoms with Crippen LogP contribution in [0.1, 0.15) is 48.4 Å². The number of nitrogens with one attached hydrogen (secondary N) is 3. The van der Waals surface area contributed by atoms with Gasteiger partial charge in [-0.1, -0.05) is 67.9 Å². The lowest BCUT2D eigenvalue weighted by molar-refractivity contribution is 0.245. The number of amides is 2. The first kappa shape index (κ1) is 27.0. The van der Waals surface area contributed by atoms with Gasteiger partial charge < -0.3 is 10.6 Å². The maximum atomic E-state index is 12.3. The fourth-order valence-corrected chi connectivity index (χ4v) is 4.32. The van der Waals surface area contributed by atoms with Gasteiger partial charge >= 0.3 is 6.03 Å². The van der Waals surface area contributed by atoms with Crippen molar-refractivity contribution in [3.8, 4) is 17.1 Å². The minimum Gasteiger partial charge on any atom is -0.338 e. The molecule has 4 aromatic rings. The van der Waals surface area contributed by atoms with Gasteiger partial charge in [0.1, 0.15) is 6.33 Å². The molecule has 38 heavy (non-hydrogen) atoms. The first-order valence-electron chi connectivity index (χ1n) is 12.8. The summed E-state index contributed by atoms with van der Waals surface area (Å²) in [5.41, 5.74) is 7.55. The molecular weight excluding hydrogens is 492 g/mol. The van der Waals surface area contributed by atoms with Crippen LogP contribution in [-0.2, 0) is 6.42 Å². The van der Waals surface area contributed by atoms with E-state index >= 15 is 0 Å². The molecule has 3 N–H and O–H groups in total. The number of rotatable bonds is 8. The summed E-state index contributed by atoms with van der Waals surface area (Å²) in [4.78, 5) is 16.8. The topological polar surface area (TPSA) is 83.9 Å². The van der Waals surface area contributed by atoms with Crippen LogP contribution in [0.3, 0.4) is 0 Å². The Labute approximate surface area is 229 Å². The molecule has 2 amide bonds. The van der Waals surface area contributed by atoms with Crippen LogP contribution in [0.25, 0.3) is 17.1 Å². The van der Waals surface area contributed by atoms with Crippen LogP contribution in [0.15, 0.2) is 73.1 Å². The Kier molecular flexibility index (Phi) is 8.86. The van der Waals surface area contributed by atoms with Gasteiger partial charge in [0.2, 0.25) is 0 Å². The van der Waals surface area contributed by atoms with Gasteiger partial charge in [0, 0.05) is 17.8 Å². The van der Waals surface area contributed by atoms with E-state index in [1.807, 2.05) is 37.3 Å². The molecule has 0 saturated heterocycles. The summed E-state index contributed by atoms with van der Waals surface area (Å²) in [6.07, 6.45) is 3.38. The minimum atomic E-state index is -0.313. The van der Waals surface area contributed by atoms with Crippen molar-refractivity contribution in [1.82, 2.24) is 25.4 Å². The van der Waals surface area contributed by atoms with Crippen LogP contribution in [-0.4, -0.2) is 32.5 Å². The van der Waals surface area contributed by atoms with Crippen molar-refractivity contribution in [3.05, 3.63) is 95.3 Å². The lowest BCUT2D eigenvalue weighted by Crippen LogP contribution is -2.42. The number of aryl methyl sites for hydroxylation is 3. The molecule has 0 bridgehead atoms. The number of benzene rings is 3. The van der Waals surface area contributed by atoms with Crippen molar-refractivity contribution in [2.24, 2.45) is 0 Å². The predicted octanol–water partition coefficient (Wildman–Crippen LogP) is 6.30. The summed E-state index contributed by atoms with van der Waals surface area (Å²) >= 11 is 5.35. The first-order valence-corrected chi connectivity index (χ1v) is 13.2. The monoisotopic (exact) mass is 526 g/mol. The van der Waals surface area contributed by atoms with E-state index in [4.69, 9.17) is 12.2 Å². The maximum Gasteiger partial charge on any atom is 0.321 e. The molecule has 0 spiro atoms. The zero-order valence-electron chi connectivity index (χ0n) is 22.3. The Morgan fingerprint density at radius 3 is 2.39 bits per heavy atom. The Morgan fingerprint density at radius 1 is 0.974 bits per heavy atom. The van der Waals surface area contributed by atoms with E-state index in [0.717, 1.165) is 40.9 Å². The molecule has 0 radical (unpaired) electrons. The number of urea groups is 1. The number of anilines is 1. The molecule has 196 valence electrons. The number of nitrogens with zero attached hydrogens (tertiary/aromatic N) is 3. The van der Waals surface area contributed by atoms with Gasteiger partial charge in [-0.05, 0) is 79.7 Å². The smallest absolute Gasteiger partial charge is 0.321 e. The second-order valence-electron chi connectivity index (χ2n) is 9.73. The van der Waals surface area contributed by atoms with E-state index < -0.39 is 0 Å². The van der Waals surface area contributed by atoms with Gasteiger partial charge in [-0.3, -0.25) is 5.32 Å². The number of aromatic nitrogens is 3. The fourth-order valence-electron chi connectivity index (χ4n) is 4.11. The number of hydrogen-bond donors (Lipinski definition) is 3. The number of thiocarbonyl (C=S) groups is 1. The minimum absolute atomic E-state index is 0.281. The second kappa shape index (κ2) is 12.5. The van der Waals surface area contributed by atoms with E-state index in [1.165, 1.54) is 11.1 Å². The van der Waals surface area contributed by atoms with Crippen LogP contribution in [0.2, 0.25) is 0 Å². The van der Waals surface area contributed by atoms with Gasteiger partial charge in [-0.25, -0.2) is 14.5 Å². The molecule has 1 heterocycles. The van der Waals surface area contributed by atoms with E-state index in [2.05, 4.69) is 83.2 Å². The van der Waals surface area contributed by atoms with Crippen molar-refractivity contribution in [3.63, 3.8) is 0 Å². The van der Waals surface area contributed by atoms with Crippen LogP contribution >= 0.6 is 12.2 Å². The number of carbonyl (C=O) groups is 1. The van der Waals surface area contributed by atoms with E-state index in [9.17, 15) is 4.79 Å². The SMILES string of the molecule is Cc1ccc(-n2cnc(-c3ccc(CCCNC(=O)NC(=S)Nc4cc(C)ccc4C(C)C)cc3)n2)cc1. The zero-order valence-corrected chi connectivity index (χ0v) is 23.1. The lowest BCUT2D eigenvalue weighted by atomic mass is 9.99. The van der Waals surface area contributed by atoms with Crippen LogP contribution in [0, 0.1) is 13.8 Å². The highest BCUT2D eigenvalue weighted by atomic mass is 32.1. The first-order chi connectivity index (χ1) is 18.3. The summed E-state index contributed by atoms with van der Waals surface area (Å²) in [6.45, 7) is 8.89. The van der Waals surface area contributed by atoms with Crippen molar-refractivity contribution in [2.45, 2.75) is 46.5 Å². The predicted molar refractivity (Wildman–Crippen MR) is 158 cm³/mol. The average Bonchev–Trinajstić information content (AvgIpc) is 3.37. The molecule has 0 aliphatic rings. The van der Waals surface area contributed by atoms with Crippen molar-refractivity contribution >= 4 is 29.0 Å². The third kappa shape index (κ3) is 7.26. The molecular formula is C30H34N6OS. The normalized spacial score (nSPS) is 10.9. The van der Waals surface area contributed by atoms with Crippen LogP contribution in [0.4, 0.5) is 10.5 Å². The van der Waals surface area contributed by atoms with Crippen molar-refractivity contribution in [1.29, 1.82) is 0 Å². The molecule has 0 aliphatic heterocycles. The second-order valence-corrected chi connectivity index (χ2v) is 10.1. The molecule has 8 heteroatoms. The summed E-state index contributed by atoms with van der Waals surface area (Å²) in [6, 6.07) is 22.3. The van der Waals surface area contributed by atoms with Gasteiger partial charge in [-0.15, -0.1) is 5.10 Å². The fraction of sp³-hybridized carbons (Fsp3) is 0.267. The van der Waals surface area contributed by atoms with E-state index in [1.54, 1.807) is 11.0 Å². The molecule has 0 unspecified atom stereocenters. The molecule has 1 aromatic heterocycles. The number of carbonyl (C=O) groups excluding carboxylic acids is 1. The van der Waals surface area contributed by atoms with E-state index in [-0.39, 0.29) is 11.1 Å². The third-order valence-electron chi connectivity index (χ3n) is 6.24. The van der Waals surface area contributed by atoms with Crippen LogP contribution < -0.4 is 16.0 Å². The standard InChI is InChI=1S/C30H34N6OS/c1-20(2)26-16-9-22(4)18-27(26)33-30(38)34-29(37)31-17-5-6-23-10-12-24(13-11-23)28-32-19-36(35-28)25-14-7-21(3)8-15-25/h7-16,18-20H,5-6,17H2,1-4H3,(H3,31,33,34,37,38). The van der Waals surface area contributed by atoms with Crippen molar-refractivity contribution < 1.29 is 4.79 Å². The molecule has 4 rings (SSSR count). The Bertz CT molecular complexity index is 1390. The van der Waals surface area contributed by atoms with Gasteiger partial charge in [-0.2, -0.15) is 0 Å². The maximum absolute atomic E-state index is 12.3. The molecule has 0 fully saturated rings. The molecule has 3 aromatic carbocycles. The zero-order chi connectivity index (χ0) is 27.1. The highest BCUT2D eigenvalue weighted by Gasteiger charge is 2.10. The quantitative estimate of drug-likeness (QED) is 0.185. The number of hydrogen-bond acceptors (Lipinski definition) is 4.